The number of nitrogens with one attached hydrogen (secondary N) is 2. The van der Waals surface area contributed by atoms with Crippen LogP contribution in [0, 0.1) is 0 Å². The number of carbonyl (C=O) groups is 2. The maximum absolute atomic E-state index is 12.4. The third-order valence-corrected chi connectivity index (χ3v) is 3.76. The Morgan fingerprint density at radius 1 is 1.30 bits per heavy atom. The van der Waals surface area contributed by atoms with Gasteiger partial charge in [-0.2, -0.15) is 0 Å². The van der Waals surface area contributed by atoms with Gasteiger partial charge in [0, 0.05) is 24.6 Å². The van der Waals surface area contributed by atoms with Crippen LogP contribution in [0.3, 0.4) is 0 Å². The van der Waals surface area contributed by atoms with E-state index >= 15 is 0 Å². The fraction of sp³-hybridized carbons (Fsp3) is 0.312. The van der Waals surface area contributed by atoms with Gasteiger partial charge in [0.15, 0.2) is 0 Å². The quantitative estimate of drug-likeness (QED) is 0.903. The second-order valence-corrected chi connectivity index (χ2v) is 5.31. The van der Waals surface area contributed by atoms with Crippen molar-refractivity contribution in [3.8, 4) is 0 Å². The number of hydrogen-bond acceptors (Lipinski definition) is 4. The Balaban J connectivity index is 1.58. The third-order valence-electron chi connectivity index (χ3n) is 3.76. The first-order chi connectivity index (χ1) is 11.2. The molecule has 1 saturated heterocycles. The predicted molar refractivity (Wildman–Crippen MR) is 83.5 cm³/mol. The molecule has 1 fully saturated rings. The Morgan fingerprint density at radius 2 is 2.13 bits per heavy atom. The SMILES string of the molecule is O=C(NCc1ccco1)[C@H]1CCCN1C(=O)Nc1ccncc1. The molecule has 2 N–H and O–H groups in total. The number of carbonyl (C=O) groups excluding carboxylic acids is 2. The summed E-state index contributed by atoms with van der Waals surface area (Å²) < 4.78 is 5.19. The van der Waals surface area contributed by atoms with Crippen LogP contribution >= 0.6 is 0 Å². The molecule has 1 aliphatic rings. The molecule has 0 radical (unpaired) electrons. The Hall–Kier alpha value is -2.83. The van der Waals surface area contributed by atoms with Crippen LogP contribution in [0.2, 0.25) is 0 Å². The smallest absolute Gasteiger partial charge is 0.322 e. The fourth-order valence-electron chi connectivity index (χ4n) is 2.62. The molecule has 0 aliphatic carbocycles. The van der Waals surface area contributed by atoms with E-state index in [1.54, 1.807) is 47.8 Å². The zero-order valence-electron chi connectivity index (χ0n) is 12.6. The zero-order chi connectivity index (χ0) is 16.1. The summed E-state index contributed by atoms with van der Waals surface area (Å²) in [6, 6.07) is 6.26. The van der Waals surface area contributed by atoms with Gasteiger partial charge in [-0.3, -0.25) is 9.78 Å². The highest BCUT2D eigenvalue weighted by Gasteiger charge is 2.34. The minimum Gasteiger partial charge on any atom is -0.467 e. The minimum atomic E-state index is -0.452. The molecular formula is C16H18N4O3. The molecule has 7 heteroatoms. The van der Waals surface area contributed by atoms with Crippen LogP contribution in [0.25, 0.3) is 0 Å². The van der Waals surface area contributed by atoms with E-state index in [-0.39, 0.29) is 11.9 Å². The van der Waals surface area contributed by atoms with Crippen LogP contribution in [0.4, 0.5) is 10.5 Å². The molecule has 0 unspecified atom stereocenters. The third kappa shape index (κ3) is 3.68. The van der Waals surface area contributed by atoms with Crippen molar-refractivity contribution in [3.63, 3.8) is 0 Å². The van der Waals surface area contributed by atoms with E-state index in [9.17, 15) is 9.59 Å². The molecule has 2 aromatic heterocycles. The van der Waals surface area contributed by atoms with Gasteiger partial charge in [-0.1, -0.05) is 0 Å². The first kappa shape index (κ1) is 15.1. The molecule has 2 aromatic rings. The second kappa shape index (κ2) is 6.95. The molecule has 23 heavy (non-hydrogen) atoms. The van der Waals surface area contributed by atoms with Crippen molar-refractivity contribution in [2.45, 2.75) is 25.4 Å². The van der Waals surface area contributed by atoms with E-state index in [0.717, 1.165) is 6.42 Å². The summed E-state index contributed by atoms with van der Waals surface area (Å²) in [5.74, 6) is 0.521. The number of hydrogen-bond donors (Lipinski definition) is 2. The van der Waals surface area contributed by atoms with Gasteiger partial charge in [0.1, 0.15) is 11.8 Å². The first-order valence-electron chi connectivity index (χ1n) is 7.52. The molecule has 1 atom stereocenters. The van der Waals surface area contributed by atoms with Gasteiger partial charge < -0.3 is 20.0 Å². The summed E-state index contributed by atoms with van der Waals surface area (Å²) in [5, 5.41) is 5.60. The highest BCUT2D eigenvalue weighted by atomic mass is 16.3. The molecule has 120 valence electrons. The molecule has 3 rings (SSSR count). The lowest BCUT2D eigenvalue weighted by atomic mass is 10.2. The van der Waals surface area contributed by atoms with E-state index in [4.69, 9.17) is 4.42 Å². The first-order valence-corrected chi connectivity index (χ1v) is 7.52. The average molecular weight is 314 g/mol. The van der Waals surface area contributed by atoms with Crippen LogP contribution in [0.5, 0.6) is 0 Å². The summed E-state index contributed by atoms with van der Waals surface area (Å²) in [7, 11) is 0. The van der Waals surface area contributed by atoms with Gasteiger partial charge in [0.2, 0.25) is 5.91 Å². The van der Waals surface area contributed by atoms with Crippen molar-refractivity contribution in [2.24, 2.45) is 0 Å². The van der Waals surface area contributed by atoms with E-state index in [1.165, 1.54) is 0 Å². The number of rotatable bonds is 4. The molecule has 0 spiro atoms. The number of amides is 3. The standard InChI is InChI=1S/C16H18N4O3/c21-15(18-11-13-3-2-10-23-13)14-4-1-9-20(14)16(22)19-12-5-7-17-8-6-12/h2-3,5-8,10,14H,1,4,9,11H2,(H,18,21)(H,17,19,22)/t14-/m1/s1. The second-order valence-electron chi connectivity index (χ2n) is 5.31. The minimum absolute atomic E-state index is 0.163. The summed E-state index contributed by atoms with van der Waals surface area (Å²) >= 11 is 0. The van der Waals surface area contributed by atoms with Crippen LogP contribution in [-0.2, 0) is 11.3 Å². The van der Waals surface area contributed by atoms with Gasteiger partial charge in [0.25, 0.3) is 0 Å². The van der Waals surface area contributed by atoms with Gasteiger partial charge in [-0.25, -0.2) is 4.79 Å². The maximum atomic E-state index is 12.4. The normalized spacial score (nSPS) is 17.0. The number of likely N-dealkylation sites (tertiary alicyclic amines) is 1. The monoisotopic (exact) mass is 314 g/mol. The van der Waals surface area contributed by atoms with Crippen LogP contribution in [-0.4, -0.2) is 34.4 Å². The summed E-state index contributed by atoms with van der Waals surface area (Å²) in [6.07, 6.45) is 6.24. The zero-order valence-corrected chi connectivity index (χ0v) is 12.6. The topological polar surface area (TPSA) is 87.5 Å². The molecule has 0 bridgehead atoms. The number of pyridine rings is 1. The van der Waals surface area contributed by atoms with Gasteiger partial charge in [-0.15, -0.1) is 0 Å². The molecular weight excluding hydrogens is 296 g/mol. The lowest BCUT2D eigenvalue weighted by Gasteiger charge is -2.24. The van der Waals surface area contributed by atoms with Crippen LogP contribution in [0.15, 0.2) is 47.3 Å². The van der Waals surface area contributed by atoms with Crippen molar-refractivity contribution in [1.82, 2.24) is 15.2 Å². The summed E-state index contributed by atoms with van der Waals surface area (Å²) in [5.41, 5.74) is 0.659. The van der Waals surface area contributed by atoms with Crippen LogP contribution in [0.1, 0.15) is 18.6 Å². The van der Waals surface area contributed by atoms with E-state index < -0.39 is 6.04 Å². The predicted octanol–water partition coefficient (Wildman–Crippen LogP) is 1.99. The van der Waals surface area contributed by atoms with Crippen molar-refractivity contribution in [3.05, 3.63) is 48.7 Å². The van der Waals surface area contributed by atoms with Crippen molar-refractivity contribution in [1.29, 1.82) is 0 Å². The summed E-state index contributed by atoms with van der Waals surface area (Å²) in [4.78, 5) is 30.2. The van der Waals surface area contributed by atoms with E-state index in [2.05, 4.69) is 15.6 Å². The Morgan fingerprint density at radius 3 is 2.87 bits per heavy atom. The number of urea groups is 1. The molecule has 3 amide bonds. The number of furan rings is 1. The Labute approximate surface area is 133 Å². The summed E-state index contributed by atoms with van der Waals surface area (Å²) in [6.45, 7) is 0.887. The molecule has 0 saturated carbocycles. The highest BCUT2D eigenvalue weighted by molar-refractivity contribution is 5.94. The largest absolute Gasteiger partial charge is 0.467 e. The molecule has 7 nitrogen and oxygen atoms in total. The highest BCUT2D eigenvalue weighted by Crippen LogP contribution is 2.19. The van der Waals surface area contributed by atoms with Crippen molar-refractivity contribution in [2.75, 3.05) is 11.9 Å². The number of nitrogens with zero attached hydrogens (tertiary/aromatic N) is 2. The van der Waals surface area contributed by atoms with Crippen LogP contribution < -0.4 is 10.6 Å². The van der Waals surface area contributed by atoms with E-state index in [1.807, 2.05) is 0 Å². The van der Waals surface area contributed by atoms with Gasteiger partial charge in [0.05, 0.1) is 12.8 Å². The lowest BCUT2D eigenvalue weighted by Crippen LogP contribution is -2.47. The molecule has 3 heterocycles. The van der Waals surface area contributed by atoms with Gasteiger partial charge in [-0.05, 0) is 37.1 Å². The number of anilines is 1. The molecule has 0 aromatic carbocycles. The molecule has 1 aliphatic heterocycles. The van der Waals surface area contributed by atoms with E-state index in [0.29, 0.717) is 31.0 Å². The Kier molecular flexibility index (Phi) is 4.56. The van der Waals surface area contributed by atoms with Crippen molar-refractivity contribution >= 4 is 17.6 Å². The van der Waals surface area contributed by atoms with Gasteiger partial charge >= 0.3 is 6.03 Å². The average Bonchev–Trinajstić information content (AvgIpc) is 3.25. The Bertz CT molecular complexity index is 657. The fourth-order valence-corrected chi connectivity index (χ4v) is 2.62. The number of aromatic nitrogens is 1. The maximum Gasteiger partial charge on any atom is 0.322 e. The van der Waals surface area contributed by atoms with Crippen molar-refractivity contribution < 1.29 is 14.0 Å². The lowest BCUT2D eigenvalue weighted by molar-refractivity contribution is -0.124.